The number of rotatable bonds is 9. The van der Waals surface area contributed by atoms with E-state index in [1.807, 2.05) is 20.8 Å². The van der Waals surface area contributed by atoms with Crippen molar-refractivity contribution in [3.05, 3.63) is 0 Å². The number of amides is 2. The predicted molar refractivity (Wildman–Crippen MR) is 85.3 cm³/mol. The summed E-state index contributed by atoms with van der Waals surface area (Å²) in [5.41, 5.74) is -0.449. The summed E-state index contributed by atoms with van der Waals surface area (Å²) in [5, 5.41) is 0.573. The Hall–Kier alpha value is -1.92. The van der Waals surface area contributed by atoms with Crippen LogP contribution in [0.1, 0.15) is 78.6 Å². The van der Waals surface area contributed by atoms with E-state index >= 15 is 0 Å². The smallest absolute Gasteiger partial charge is 0.333 e. The van der Waals surface area contributed by atoms with E-state index < -0.39 is 23.4 Å². The Morgan fingerprint density at radius 2 is 1.33 bits per heavy atom. The average molecular weight is 341 g/mol. The quantitative estimate of drug-likeness (QED) is 0.364. The predicted octanol–water partition coefficient (Wildman–Crippen LogP) is 2.67. The molecule has 0 aromatic heterocycles. The number of esters is 1. The van der Waals surface area contributed by atoms with Gasteiger partial charge in [0.15, 0.2) is 0 Å². The van der Waals surface area contributed by atoms with Gasteiger partial charge in [-0.1, -0.05) is 19.3 Å². The normalized spacial score (nSPS) is 14.9. The van der Waals surface area contributed by atoms with E-state index in [-0.39, 0.29) is 25.2 Å². The van der Waals surface area contributed by atoms with Crippen LogP contribution in [-0.2, 0) is 28.8 Å². The molecule has 1 saturated heterocycles. The van der Waals surface area contributed by atoms with Crippen molar-refractivity contribution < 1.29 is 28.8 Å². The highest BCUT2D eigenvalue weighted by Crippen LogP contribution is 2.15. The van der Waals surface area contributed by atoms with Gasteiger partial charge in [0, 0.05) is 25.7 Å². The molecule has 1 rings (SSSR count). The minimum Gasteiger partial charge on any atom is -0.460 e. The van der Waals surface area contributed by atoms with Crippen molar-refractivity contribution in [2.75, 3.05) is 0 Å². The highest BCUT2D eigenvalue weighted by molar-refractivity contribution is 6.01. The molecule has 0 atom stereocenters. The monoisotopic (exact) mass is 341 g/mol. The zero-order valence-electron chi connectivity index (χ0n) is 14.8. The van der Waals surface area contributed by atoms with E-state index in [9.17, 15) is 19.2 Å². The van der Waals surface area contributed by atoms with Gasteiger partial charge in [-0.15, -0.1) is 5.06 Å². The second-order valence-corrected chi connectivity index (χ2v) is 6.90. The molecule has 0 radical (unpaired) electrons. The molecule has 7 heteroatoms. The molecule has 0 spiro atoms. The van der Waals surface area contributed by atoms with Crippen LogP contribution < -0.4 is 0 Å². The molecule has 1 heterocycles. The fourth-order valence-electron chi connectivity index (χ4n) is 2.27. The van der Waals surface area contributed by atoms with Crippen molar-refractivity contribution in [3.8, 4) is 0 Å². The van der Waals surface area contributed by atoms with E-state index in [0.717, 1.165) is 25.7 Å². The molecule has 1 fully saturated rings. The molecule has 136 valence electrons. The number of ether oxygens (including phenoxy) is 1. The van der Waals surface area contributed by atoms with E-state index in [0.29, 0.717) is 17.9 Å². The molecule has 1 aliphatic heterocycles. The molecular weight excluding hydrogens is 314 g/mol. The Morgan fingerprint density at radius 3 is 1.83 bits per heavy atom. The molecule has 0 aromatic rings. The molecule has 0 bridgehead atoms. The van der Waals surface area contributed by atoms with Gasteiger partial charge in [0.1, 0.15) is 5.60 Å². The van der Waals surface area contributed by atoms with Crippen LogP contribution in [0.25, 0.3) is 0 Å². The van der Waals surface area contributed by atoms with Crippen LogP contribution in [0.15, 0.2) is 0 Å². The van der Waals surface area contributed by atoms with Gasteiger partial charge in [-0.3, -0.25) is 14.4 Å². The summed E-state index contributed by atoms with van der Waals surface area (Å²) in [7, 11) is 0. The number of hydroxylamine groups is 2. The van der Waals surface area contributed by atoms with Crippen molar-refractivity contribution in [3.63, 3.8) is 0 Å². The molecule has 0 aromatic carbocycles. The summed E-state index contributed by atoms with van der Waals surface area (Å²) in [6, 6.07) is 0. The number of hydrogen-bond acceptors (Lipinski definition) is 6. The summed E-state index contributed by atoms with van der Waals surface area (Å²) in [6.07, 6.45) is 4.77. The number of imide groups is 1. The number of carbonyl (C=O) groups is 4. The number of nitrogens with zero attached hydrogens (tertiary/aromatic N) is 1. The third kappa shape index (κ3) is 8.08. The maximum Gasteiger partial charge on any atom is 0.333 e. The minimum absolute atomic E-state index is 0.101. The molecule has 24 heavy (non-hydrogen) atoms. The van der Waals surface area contributed by atoms with Gasteiger partial charge >= 0.3 is 11.9 Å². The maximum absolute atomic E-state index is 11.6. The molecule has 0 aliphatic carbocycles. The Morgan fingerprint density at radius 1 is 0.875 bits per heavy atom. The van der Waals surface area contributed by atoms with E-state index in [1.165, 1.54) is 0 Å². The van der Waals surface area contributed by atoms with E-state index in [2.05, 4.69) is 0 Å². The Labute approximate surface area is 142 Å². The lowest BCUT2D eigenvalue weighted by atomic mass is 10.1. The highest BCUT2D eigenvalue weighted by atomic mass is 16.7. The van der Waals surface area contributed by atoms with E-state index in [4.69, 9.17) is 9.57 Å². The molecule has 0 saturated carbocycles. The van der Waals surface area contributed by atoms with E-state index in [1.54, 1.807) is 0 Å². The molecule has 7 nitrogen and oxygen atoms in total. The molecule has 2 amide bonds. The van der Waals surface area contributed by atoms with Gasteiger partial charge in [0.2, 0.25) is 0 Å². The second kappa shape index (κ2) is 9.39. The number of carbonyl (C=O) groups excluding carboxylic acids is 4. The number of unbranched alkanes of at least 4 members (excludes halogenated alkanes) is 4. The molecule has 0 N–H and O–H groups in total. The first kappa shape index (κ1) is 20.1. The Bertz CT molecular complexity index is 464. The van der Waals surface area contributed by atoms with Crippen molar-refractivity contribution >= 4 is 23.8 Å². The van der Waals surface area contributed by atoms with Crippen molar-refractivity contribution in [1.29, 1.82) is 0 Å². The second-order valence-electron chi connectivity index (χ2n) is 6.90. The standard InChI is InChI=1S/C17H27NO6/c1-17(2,3)23-15(21)9-7-5-4-6-8-10-16(22)24-18-13(19)11-12-14(18)20/h4-12H2,1-3H3. The van der Waals surface area contributed by atoms with Crippen LogP contribution in [0.4, 0.5) is 0 Å². The van der Waals surface area contributed by atoms with Gasteiger partial charge in [0.25, 0.3) is 11.8 Å². The van der Waals surface area contributed by atoms with Gasteiger partial charge < -0.3 is 9.57 Å². The first-order valence-electron chi connectivity index (χ1n) is 8.47. The summed E-state index contributed by atoms with van der Waals surface area (Å²) < 4.78 is 5.22. The third-order valence-electron chi connectivity index (χ3n) is 3.38. The first-order valence-corrected chi connectivity index (χ1v) is 8.47. The summed E-state index contributed by atoms with van der Waals surface area (Å²) in [4.78, 5) is 50.5. The van der Waals surface area contributed by atoms with Crippen LogP contribution in [0, 0.1) is 0 Å². The largest absolute Gasteiger partial charge is 0.460 e. The lowest BCUT2D eigenvalue weighted by Crippen LogP contribution is -2.31. The van der Waals surface area contributed by atoms with Gasteiger partial charge in [-0.25, -0.2) is 4.79 Å². The van der Waals surface area contributed by atoms with Crippen LogP contribution in [0.3, 0.4) is 0 Å². The van der Waals surface area contributed by atoms with Crippen LogP contribution >= 0.6 is 0 Å². The fraction of sp³-hybridized carbons (Fsp3) is 0.765. The average Bonchev–Trinajstić information content (AvgIpc) is 2.76. The highest BCUT2D eigenvalue weighted by Gasteiger charge is 2.32. The van der Waals surface area contributed by atoms with Gasteiger partial charge in [-0.05, 0) is 33.6 Å². The summed E-state index contributed by atoms with van der Waals surface area (Å²) in [6.45, 7) is 5.52. The topological polar surface area (TPSA) is 90.0 Å². The van der Waals surface area contributed by atoms with Crippen LogP contribution in [0.5, 0.6) is 0 Å². The molecule has 1 aliphatic rings. The number of hydrogen-bond donors (Lipinski definition) is 0. The minimum atomic E-state index is -0.563. The lowest BCUT2D eigenvalue weighted by Gasteiger charge is -2.19. The van der Waals surface area contributed by atoms with Crippen molar-refractivity contribution in [2.24, 2.45) is 0 Å². The van der Waals surface area contributed by atoms with Crippen LogP contribution in [-0.4, -0.2) is 34.4 Å². The third-order valence-corrected chi connectivity index (χ3v) is 3.38. The summed E-state index contributed by atoms with van der Waals surface area (Å²) in [5.74, 6) is -1.68. The maximum atomic E-state index is 11.6. The fourth-order valence-corrected chi connectivity index (χ4v) is 2.27. The zero-order valence-corrected chi connectivity index (χ0v) is 14.8. The molecule has 0 unspecified atom stereocenters. The molecular formula is C17H27NO6. The van der Waals surface area contributed by atoms with Gasteiger partial charge in [-0.2, -0.15) is 0 Å². The van der Waals surface area contributed by atoms with Crippen molar-refractivity contribution in [1.82, 2.24) is 5.06 Å². The lowest BCUT2D eigenvalue weighted by molar-refractivity contribution is -0.197. The van der Waals surface area contributed by atoms with Gasteiger partial charge in [0.05, 0.1) is 0 Å². The Kier molecular flexibility index (Phi) is 7.88. The van der Waals surface area contributed by atoms with Crippen molar-refractivity contribution in [2.45, 2.75) is 84.2 Å². The summed E-state index contributed by atoms with van der Waals surface area (Å²) >= 11 is 0. The SMILES string of the molecule is CC(C)(C)OC(=O)CCCCCCCC(=O)ON1C(=O)CCC1=O. The first-order chi connectivity index (χ1) is 11.2. The Balaban J connectivity index is 2.02. The zero-order chi connectivity index (χ0) is 18.2. The van der Waals surface area contributed by atoms with Crippen LogP contribution in [0.2, 0.25) is 0 Å².